The van der Waals surface area contributed by atoms with Crippen LogP contribution in [0.25, 0.3) is 11.3 Å². The summed E-state index contributed by atoms with van der Waals surface area (Å²) in [5.74, 6) is 1.81. The second-order valence-electron chi connectivity index (χ2n) is 3.14. The normalized spacial score (nSPS) is 10.2. The number of oxazole rings is 1. The van der Waals surface area contributed by atoms with Gasteiger partial charge in [0.1, 0.15) is 0 Å². The molecule has 1 heterocycles. The molecule has 0 saturated carbocycles. The van der Waals surface area contributed by atoms with Gasteiger partial charge in [0, 0.05) is 5.56 Å². The molecule has 82 valence electrons. The molecule has 3 N–H and O–H groups in total. The summed E-state index contributed by atoms with van der Waals surface area (Å²) in [6.45, 7) is 0. The number of amidine groups is 1. The van der Waals surface area contributed by atoms with Crippen molar-refractivity contribution in [1.29, 1.82) is 5.41 Å². The van der Waals surface area contributed by atoms with E-state index in [9.17, 15) is 0 Å². The molecular weight excluding hydrogens is 222 g/mol. The van der Waals surface area contributed by atoms with Gasteiger partial charge in [-0.1, -0.05) is 42.1 Å². The first-order valence-electron chi connectivity index (χ1n) is 4.72. The second kappa shape index (κ2) is 4.85. The van der Waals surface area contributed by atoms with Crippen molar-refractivity contribution in [3.05, 3.63) is 42.4 Å². The average molecular weight is 233 g/mol. The molecule has 2 rings (SSSR count). The molecule has 0 spiro atoms. The maximum Gasteiger partial charge on any atom is 0.205 e. The lowest BCUT2D eigenvalue weighted by atomic mass is 10.2. The van der Waals surface area contributed by atoms with Gasteiger partial charge in [-0.2, -0.15) is 0 Å². The summed E-state index contributed by atoms with van der Waals surface area (Å²) in [6, 6.07) is 9.76. The topological polar surface area (TPSA) is 75.9 Å². The molecule has 2 aromatic rings. The van der Waals surface area contributed by atoms with E-state index < -0.39 is 0 Å². The molecule has 0 saturated heterocycles. The fourth-order valence-electron chi connectivity index (χ4n) is 1.25. The Morgan fingerprint density at radius 2 is 2.12 bits per heavy atom. The first kappa shape index (κ1) is 10.8. The molecule has 0 unspecified atom stereocenters. The van der Waals surface area contributed by atoms with Crippen molar-refractivity contribution in [2.75, 3.05) is 0 Å². The molecule has 0 aliphatic heterocycles. The molecule has 5 heteroatoms. The van der Waals surface area contributed by atoms with Crippen molar-refractivity contribution in [1.82, 2.24) is 4.98 Å². The van der Waals surface area contributed by atoms with Crippen molar-refractivity contribution in [3.63, 3.8) is 0 Å². The maximum atomic E-state index is 7.09. The minimum absolute atomic E-state index is 0.0689. The van der Waals surface area contributed by atoms with Gasteiger partial charge in [0.15, 0.2) is 10.9 Å². The Morgan fingerprint density at radius 3 is 2.81 bits per heavy atom. The van der Waals surface area contributed by atoms with Crippen molar-refractivity contribution in [2.45, 2.75) is 5.75 Å². The number of benzene rings is 1. The van der Waals surface area contributed by atoms with Crippen molar-refractivity contribution >= 4 is 16.9 Å². The highest BCUT2D eigenvalue weighted by Gasteiger charge is 2.06. The molecule has 4 nitrogen and oxygen atoms in total. The molecule has 0 aliphatic rings. The van der Waals surface area contributed by atoms with E-state index in [0.717, 1.165) is 11.3 Å². The summed E-state index contributed by atoms with van der Waals surface area (Å²) in [6.07, 6.45) is 1.69. The van der Waals surface area contributed by atoms with E-state index in [4.69, 9.17) is 15.6 Å². The van der Waals surface area contributed by atoms with Crippen LogP contribution in [0.3, 0.4) is 0 Å². The van der Waals surface area contributed by atoms with Crippen LogP contribution < -0.4 is 5.73 Å². The zero-order chi connectivity index (χ0) is 11.4. The Morgan fingerprint density at radius 1 is 1.38 bits per heavy atom. The summed E-state index contributed by atoms with van der Waals surface area (Å²) in [5.41, 5.74) is 6.23. The van der Waals surface area contributed by atoms with E-state index in [-0.39, 0.29) is 5.17 Å². The molecule has 0 bridgehead atoms. The first-order valence-corrected chi connectivity index (χ1v) is 5.71. The average Bonchev–Trinajstić information content (AvgIpc) is 2.76. The number of hydrogen-bond donors (Lipinski definition) is 2. The molecule has 0 atom stereocenters. The Hall–Kier alpha value is -1.75. The number of nitrogens with zero attached hydrogens (tertiary/aromatic N) is 1. The number of nitrogens with two attached hydrogens (primary N) is 1. The zero-order valence-corrected chi connectivity index (χ0v) is 9.33. The number of aromatic nitrogens is 1. The number of hydrogen-bond acceptors (Lipinski definition) is 4. The highest BCUT2D eigenvalue weighted by molar-refractivity contribution is 8.12. The van der Waals surface area contributed by atoms with E-state index in [0.29, 0.717) is 11.6 Å². The highest BCUT2D eigenvalue weighted by atomic mass is 32.2. The van der Waals surface area contributed by atoms with Gasteiger partial charge < -0.3 is 10.2 Å². The predicted molar refractivity (Wildman–Crippen MR) is 65.1 cm³/mol. The lowest BCUT2D eigenvalue weighted by molar-refractivity contribution is 0.530. The van der Waals surface area contributed by atoms with Gasteiger partial charge in [0.05, 0.1) is 11.9 Å². The smallest absolute Gasteiger partial charge is 0.205 e. The SMILES string of the molecule is N=C(N)SCc1ncc(-c2ccccc2)o1. The van der Waals surface area contributed by atoms with Crippen LogP contribution in [0.15, 0.2) is 40.9 Å². The van der Waals surface area contributed by atoms with Gasteiger partial charge in [-0.3, -0.25) is 5.41 Å². The third kappa shape index (κ3) is 2.64. The number of thioether (sulfide) groups is 1. The van der Waals surface area contributed by atoms with Crippen LogP contribution in [0.1, 0.15) is 5.89 Å². The van der Waals surface area contributed by atoms with Crippen LogP contribution >= 0.6 is 11.8 Å². The largest absolute Gasteiger partial charge is 0.440 e. The van der Waals surface area contributed by atoms with Crippen LogP contribution in [0.4, 0.5) is 0 Å². The molecular formula is C11H11N3OS. The summed E-state index contributed by atoms with van der Waals surface area (Å²) in [5, 5.41) is 7.15. The summed E-state index contributed by atoms with van der Waals surface area (Å²) < 4.78 is 5.54. The maximum absolute atomic E-state index is 7.09. The fourth-order valence-corrected chi connectivity index (χ4v) is 1.66. The van der Waals surface area contributed by atoms with Crippen LogP contribution in [0.5, 0.6) is 0 Å². The molecule has 0 aliphatic carbocycles. The predicted octanol–water partition coefficient (Wildman–Crippen LogP) is 2.47. The minimum Gasteiger partial charge on any atom is -0.440 e. The zero-order valence-electron chi connectivity index (χ0n) is 8.51. The highest BCUT2D eigenvalue weighted by Crippen LogP contribution is 2.21. The van der Waals surface area contributed by atoms with Crippen LogP contribution in [0.2, 0.25) is 0 Å². The van der Waals surface area contributed by atoms with Crippen LogP contribution in [0, 0.1) is 5.41 Å². The molecule has 16 heavy (non-hydrogen) atoms. The monoisotopic (exact) mass is 233 g/mol. The Balaban J connectivity index is 2.11. The van der Waals surface area contributed by atoms with E-state index in [1.165, 1.54) is 11.8 Å². The second-order valence-corrected chi connectivity index (χ2v) is 4.15. The Kier molecular flexibility index (Phi) is 3.26. The van der Waals surface area contributed by atoms with Gasteiger partial charge in [0.2, 0.25) is 5.89 Å². The van der Waals surface area contributed by atoms with E-state index in [2.05, 4.69) is 4.98 Å². The first-order chi connectivity index (χ1) is 7.75. The van der Waals surface area contributed by atoms with Crippen LogP contribution in [-0.4, -0.2) is 10.2 Å². The molecule has 0 fully saturated rings. The summed E-state index contributed by atoms with van der Waals surface area (Å²) in [7, 11) is 0. The third-order valence-electron chi connectivity index (χ3n) is 1.96. The lowest BCUT2D eigenvalue weighted by Crippen LogP contribution is -2.03. The molecule has 0 amide bonds. The van der Waals surface area contributed by atoms with E-state index in [1.54, 1.807) is 6.20 Å². The van der Waals surface area contributed by atoms with Crippen molar-refractivity contribution < 1.29 is 4.42 Å². The van der Waals surface area contributed by atoms with Gasteiger partial charge in [-0.15, -0.1) is 0 Å². The van der Waals surface area contributed by atoms with Crippen molar-refractivity contribution in [2.24, 2.45) is 5.73 Å². The quantitative estimate of drug-likeness (QED) is 0.630. The van der Waals surface area contributed by atoms with Gasteiger partial charge in [-0.05, 0) is 0 Å². The molecule has 1 aromatic heterocycles. The Labute approximate surface area is 97.4 Å². The van der Waals surface area contributed by atoms with Gasteiger partial charge >= 0.3 is 0 Å². The fraction of sp³-hybridized carbons (Fsp3) is 0.0909. The van der Waals surface area contributed by atoms with Crippen molar-refractivity contribution in [3.8, 4) is 11.3 Å². The summed E-state index contributed by atoms with van der Waals surface area (Å²) >= 11 is 1.20. The number of rotatable bonds is 3. The Bertz CT molecular complexity index is 481. The molecule has 1 aromatic carbocycles. The van der Waals surface area contributed by atoms with Gasteiger partial charge in [0.25, 0.3) is 0 Å². The van der Waals surface area contributed by atoms with E-state index in [1.807, 2.05) is 30.3 Å². The van der Waals surface area contributed by atoms with Crippen LogP contribution in [-0.2, 0) is 5.75 Å². The standard InChI is InChI=1S/C11H11N3OS/c12-11(13)16-7-10-14-6-9(15-10)8-4-2-1-3-5-8/h1-6H,7H2,(H3,12,13). The van der Waals surface area contributed by atoms with Gasteiger partial charge in [-0.25, -0.2) is 4.98 Å². The summed E-state index contributed by atoms with van der Waals surface area (Å²) in [4.78, 5) is 4.12. The molecule has 0 radical (unpaired) electrons. The van der Waals surface area contributed by atoms with E-state index >= 15 is 0 Å². The lowest BCUT2D eigenvalue weighted by Gasteiger charge is -1.95. The minimum atomic E-state index is 0.0689. The number of nitrogens with one attached hydrogen (secondary N) is 1. The third-order valence-corrected chi connectivity index (χ3v) is 2.67.